The van der Waals surface area contributed by atoms with E-state index in [0.717, 1.165) is 22.6 Å². The van der Waals surface area contributed by atoms with Crippen LogP contribution in [0.1, 0.15) is 30.0 Å². The fourth-order valence-corrected chi connectivity index (χ4v) is 3.78. The van der Waals surface area contributed by atoms with Gasteiger partial charge in [-0.3, -0.25) is 4.68 Å². The topological polar surface area (TPSA) is 68.2 Å². The Balaban J connectivity index is 1.28. The Morgan fingerprint density at radius 1 is 1.25 bits per heavy atom. The molecule has 1 aromatic carbocycles. The molecule has 2 aromatic heterocycles. The summed E-state index contributed by atoms with van der Waals surface area (Å²) in [4.78, 5) is 12.1. The maximum Gasteiger partial charge on any atom is 0.315 e. The fourth-order valence-electron chi connectivity index (χ4n) is 3.13. The Morgan fingerprint density at radius 3 is 2.75 bits per heavy atom. The van der Waals surface area contributed by atoms with Crippen molar-refractivity contribution in [3.8, 4) is 17.0 Å². The van der Waals surface area contributed by atoms with Gasteiger partial charge in [-0.05, 0) is 48.1 Å². The number of aromatic nitrogens is 2. The molecule has 2 heterocycles. The minimum atomic E-state index is -0.172. The van der Waals surface area contributed by atoms with Gasteiger partial charge in [0.1, 0.15) is 5.75 Å². The summed E-state index contributed by atoms with van der Waals surface area (Å²) in [6, 6.07) is 11.8. The number of carbonyl (C=O) groups excluding carboxylic acids is 1. The van der Waals surface area contributed by atoms with Gasteiger partial charge < -0.3 is 15.4 Å². The summed E-state index contributed by atoms with van der Waals surface area (Å²) in [7, 11) is 1.64. The van der Waals surface area contributed by atoms with E-state index in [1.54, 1.807) is 18.4 Å². The first-order valence-electron chi connectivity index (χ1n) is 9.48. The van der Waals surface area contributed by atoms with Crippen molar-refractivity contribution < 1.29 is 9.53 Å². The minimum Gasteiger partial charge on any atom is -0.497 e. The molecule has 0 atom stereocenters. The number of hydrogen-bond donors (Lipinski definition) is 2. The summed E-state index contributed by atoms with van der Waals surface area (Å²) in [5.74, 6) is 1.42. The summed E-state index contributed by atoms with van der Waals surface area (Å²) >= 11 is 1.68. The molecule has 0 bridgehead atoms. The zero-order valence-corrected chi connectivity index (χ0v) is 16.7. The van der Waals surface area contributed by atoms with E-state index in [1.807, 2.05) is 24.3 Å². The lowest BCUT2D eigenvalue weighted by Crippen LogP contribution is -2.37. The second-order valence-corrected chi connectivity index (χ2v) is 7.70. The highest BCUT2D eigenvalue weighted by atomic mass is 32.1. The van der Waals surface area contributed by atoms with Crippen LogP contribution < -0.4 is 15.4 Å². The van der Waals surface area contributed by atoms with Gasteiger partial charge in [0.15, 0.2) is 0 Å². The Hall–Kier alpha value is -2.80. The molecule has 0 saturated heterocycles. The van der Waals surface area contributed by atoms with Crippen LogP contribution in [0.15, 0.2) is 47.2 Å². The number of nitrogens with zero attached hydrogens (tertiary/aromatic N) is 2. The molecule has 2 N–H and O–H groups in total. The maximum atomic E-state index is 12.1. The number of methoxy groups -OCH3 is 1. The van der Waals surface area contributed by atoms with Crippen LogP contribution in [0.5, 0.6) is 5.75 Å². The van der Waals surface area contributed by atoms with Crippen molar-refractivity contribution in [2.75, 3.05) is 13.7 Å². The largest absolute Gasteiger partial charge is 0.497 e. The number of carbonyl (C=O) groups is 1. The van der Waals surface area contributed by atoms with Gasteiger partial charge in [0.2, 0.25) is 0 Å². The number of urea groups is 1. The molecule has 4 rings (SSSR count). The predicted molar refractivity (Wildman–Crippen MR) is 111 cm³/mol. The number of benzene rings is 1. The number of hydrogen-bond acceptors (Lipinski definition) is 4. The van der Waals surface area contributed by atoms with E-state index in [-0.39, 0.29) is 6.03 Å². The molecule has 0 spiro atoms. The van der Waals surface area contributed by atoms with Crippen LogP contribution in [0.2, 0.25) is 0 Å². The third kappa shape index (κ3) is 4.54. The molecule has 1 aliphatic carbocycles. The quantitative estimate of drug-likeness (QED) is 0.605. The average molecular weight is 397 g/mol. The highest BCUT2D eigenvalue weighted by Gasteiger charge is 2.28. The third-order valence-corrected chi connectivity index (χ3v) is 5.53. The van der Waals surface area contributed by atoms with Crippen molar-refractivity contribution in [3.63, 3.8) is 0 Å². The maximum absolute atomic E-state index is 12.1. The molecule has 146 valence electrons. The predicted octanol–water partition coefficient (Wildman–Crippen LogP) is 4.00. The first-order chi connectivity index (χ1) is 13.7. The van der Waals surface area contributed by atoms with Crippen molar-refractivity contribution in [1.29, 1.82) is 0 Å². The van der Waals surface area contributed by atoms with E-state index in [0.29, 0.717) is 25.6 Å². The lowest BCUT2D eigenvalue weighted by molar-refractivity contribution is 0.240. The molecule has 2 amide bonds. The molecule has 1 aliphatic rings. The van der Waals surface area contributed by atoms with Crippen LogP contribution in [-0.4, -0.2) is 29.5 Å². The van der Waals surface area contributed by atoms with Gasteiger partial charge >= 0.3 is 6.03 Å². The highest BCUT2D eigenvalue weighted by Crippen LogP contribution is 2.41. The normalized spacial score (nSPS) is 13.3. The number of rotatable bonds is 8. The van der Waals surface area contributed by atoms with Crippen molar-refractivity contribution in [1.82, 2.24) is 20.4 Å². The van der Waals surface area contributed by atoms with Gasteiger partial charge in [0, 0.05) is 35.6 Å². The minimum absolute atomic E-state index is 0.172. The molecule has 0 unspecified atom stereocenters. The SMILES string of the molecule is COc1ccc(CNC(=O)NCCn2nc(-c3ccsc3)cc2C2CC2)cc1. The molecular formula is C21H24N4O2S. The van der Waals surface area contributed by atoms with Gasteiger partial charge in [0.25, 0.3) is 0 Å². The van der Waals surface area contributed by atoms with Crippen LogP contribution in [0, 0.1) is 0 Å². The molecule has 3 aromatic rings. The molecule has 7 heteroatoms. The third-order valence-electron chi connectivity index (χ3n) is 4.84. The first kappa shape index (κ1) is 18.6. The molecule has 0 radical (unpaired) electrons. The fraction of sp³-hybridized carbons (Fsp3) is 0.333. The van der Waals surface area contributed by atoms with Crippen LogP contribution in [0.4, 0.5) is 4.79 Å². The van der Waals surface area contributed by atoms with E-state index in [1.165, 1.54) is 18.5 Å². The number of nitrogens with one attached hydrogen (secondary N) is 2. The van der Waals surface area contributed by atoms with E-state index >= 15 is 0 Å². The number of amides is 2. The van der Waals surface area contributed by atoms with Crippen molar-refractivity contribution in [2.24, 2.45) is 0 Å². The van der Waals surface area contributed by atoms with Crippen molar-refractivity contribution >= 4 is 17.4 Å². The van der Waals surface area contributed by atoms with Crippen LogP contribution in [-0.2, 0) is 13.1 Å². The van der Waals surface area contributed by atoms with E-state index in [2.05, 4.69) is 38.2 Å². The zero-order chi connectivity index (χ0) is 19.3. The standard InChI is InChI=1S/C21H24N4O2S/c1-27-18-6-2-15(3-7-18)13-23-21(26)22-9-10-25-20(16-4-5-16)12-19(24-25)17-8-11-28-14-17/h2-3,6-8,11-12,14,16H,4-5,9-10,13H2,1H3,(H2,22,23,26). The summed E-state index contributed by atoms with van der Waals surface area (Å²) < 4.78 is 7.19. The second-order valence-electron chi connectivity index (χ2n) is 6.92. The Bertz CT molecular complexity index is 915. The van der Waals surface area contributed by atoms with E-state index < -0.39 is 0 Å². The molecule has 0 aliphatic heterocycles. The van der Waals surface area contributed by atoms with E-state index in [4.69, 9.17) is 9.84 Å². The highest BCUT2D eigenvalue weighted by molar-refractivity contribution is 7.08. The number of ether oxygens (including phenoxy) is 1. The van der Waals surface area contributed by atoms with Gasteiger partial charge in [0.05, 0.1) is 19.3 Å². The molecular weight excluding hydrogens is 372 g/mol. The summed E-state index contributed by atoms with van der Waals surface area (Å²) in [5.41, 5.74) is 4.49. The van der Waals surface area contributed by atoms with Crippen molar-refractivity contribution in [2.45, 2.75) is 31.8 Å². The Kier molecular flexibility index (Phi) is 5.62. The summed E-state index contributed by atoms with van der Waals surface area (Å²) in [5, 5.41) is 14.8. The first-order valence-corrected chi connectivity index (χ1v) is 10.4. The molecule has 1 fully saturated rings. The smallest absolute Gasteiger partial charge is 0.315 e. The monoisotopic (exact) mass is 396 g/mol. The van der Waals surface area contributed by atoms with Crippen LogP contribution >= 0.6 is 11.3 Å². The Labute approximate surface area is 168 Å². The van der Waals surface area contributed by atoms with Crippen LogP contribution in [0.25, 0.3) is 11.3 Å². The summed E-state index contributed by atoms with van der Waals surface area (Å²) in [6.45, 7) is 1.69. The van der Waals surface area contributed by atoms with Gasteiger partial charge in [-0.2, -0.15) is 16.4 Å². The van der Waals surface area contributed by atoms with Crippen LogP contribution in [0.3, 0.4) is 0 Å². The molecule has 6 nitrogen and oxygen atoms in total. The zero-order valence-electron chi connectivity index (χ0n) is 15.9. The molecule has 1 saturated carbocycles. The van der Waals surface area contributed by atoms with Gasteiger partial charge in [-0.1, -0.05) is 12.1 Å². The Morgan fingerprint density at radius 2 is 2.07 bits per heavy atom. The molecule has 28 heavy (non-hydrogen) atoms. The lowest BCUT2D eigenvalue weighted by atomic mass is 10.2. The summed E-state index contributed by atoms with van der Waals surface area (Å²) in [6.07, 6.45) is 2.45. The van der Waals surface area contributed by atoms with Gasteiger partial charge in [-0.25, -0.2) is 4.79 Å². The van der Waals surface area contributed by atoms with Crippen molar-refractivity contribution in [3.05, 3.63) is 58.4 Å². The second kappa shape index (κ2) is 8.48. The average Bonchev–Trinajstić information content (AvgIpc) is 3.24. The van der Waals surface area contributed by atoms with E-state index in [9.17, 15) is 4.79 Å². The van der Waals surface area contributed by atoms with Gasteiger partial charge in [-0.15, -0.1) is 0 Å². The lowest BCUT2D eigenvalue weighted by Gasteiger charge is -2.10. The number of thiophene rings is 1.